The molecule has 108 valence electrons. The number of hydrogen-bond donors (Lipinski definition) is 0. The highest BCUT2D eigenvalue weighted by molar-refractivity contribution is 6.10. The Bertz CT molecular complexity index is 1290. The van der Waals surface area contributed by atoms with E-state index in [0.717, 1.165) is 6.54 Å². The summed E-state index contributed by atoms with van der Waals surface area (Å²) in [7, 11) is 2.15. The van der Waals surface area contributed by atoms with Gasteiger partial charge in [0.05, 0.1) is 5.39 Å². The zero-order valence-corrected chi connectivity index (χ0v) is 12.8. The summed E-state index contributed by atoms with van der Waals surface area (Å²) in [6.07, 6.45) is 2.19. The van der Waals surface area contributed by atoms with Gasteiger partial charge >= 0.3 is 5.65 Å². The monoisotopic (exact) mass is 297 g/mol. The van der Waals surface area contributed by atoms with Gasteiger partial charge in [0.2, 0.25) is 5.52 Å². The molecule has 0 spiro atoms. The number of fused-ring (bicyclic) bond motifs is 6. The molecule has 0 bridgehead atoms. The van der Waals surface area contributed by atoms with E-state index in [1.807, 2.05) is 0 Å². The zero-order chi connectivity index (χ0) is 15.1. The van der Waals surface area contributed by atoms with E-state index < -0.39 is 0 Å². The number of para-hydroxylation sites is 3. The number of pyridine rings is 2. The lowest BCUT2D eigenvalue weighted by atomic mass is 10.1. The maximum atomic E-state index is 2.46. The van der Waals surface area contributed by atoms with Crippen LogP contribution in [0.1, 0.15) is 5.56 Å². The number of benzene rings is 2. The van der Waals surface area contributed by atoms with E-state index in [0.29, 0.717) is 0 Å². The van der Waals surface area contributed by atoms with Crippen LogP contribution in [0, 0.1) is 0 Å². The van der Waals surface area contributed by atoms with E-state index in [4.69, 9.17) is 0 Å². The molecule has 6 rings (SSSR count). The molecule has 1 aliphatic heterocycles. The molecule has 0 N–H and O–H groups in total. The number of rotatable bonds is 0. The van der Waals surface area contributed by atoms with E-state index >= 15 is 0 Å². The van der Waals surface area contributed by atoms with Gasteiger partial charge in [-0.3, -0.25) is 0 Å². The van der Waals surface area contributed by atoms with Crippen LogP contribution in [-0.2, 0) is 13.6 Å². The molecule has 0 atom stereocenters. The number of imidazole rings is 1. The molecule has 0 aliphatic carbocycles. The molecule has 3 nitrogen and oxygen atoms in total. The fourth-order valence-corrected chi connectivity index (χ4v) is 4.31. The minimum Gasteiger partial charge on any atom is -0.218 e. The molecule has 5 aromatic rings. The Morgan fingerprint density at radius 3 is 2.61 bits per heavy atom. The summed E-state index contributed by atoms with van der Waals surface area (Å²) in [6, 6.07) is 19.7. The summed E-state index contributed by atoms with van der Waals surface area (Å²) in [5.41, 5.74) is 7.95. The third-order valence-corrected chi connectivity index (χ3v) is 5.24. The van der Waals surface area contributed by atoms with Crippen LogP contribution in [0.25, 0.3) is 38.5 Å². The molecule has 0 unspecified atom stereocenters. The Balaban J connectivity index is 2.13. The number of aryl methyl sites for hydroxylation is 1. The molecule has 0 fully saturated rings. The highest BCUT2D eigenvalue weighted by Gasteiger charge is 2.34. The van der Waals surface area contributed by atoms with Gasteiger partial charge in [-0.05, 0) is 24.3 Å². The van der Waals surface area contributed by atoms with Crippen molar-refractivity contribution in [3.63, 3.8) is 0 Å². The first-order chi connectivity index (χ1) is 11.3. The lowest BCUT2D eigenvalue weighted by Crippen LogP contribution is -2.30. The predicted molar refractivity (Wildman–Crippen MR) is 90.4 cm³/mol. The molecular weight excluding hydrogens is 282 g/mol. The topological polar surface area (TPSA) is 12.2 Å². The Labute approximate surface area is 132 Å². The Morgan fingerprint density at radius 1 is 0.913 bits per heavy atom. The molecule has 23 heavy (non-hydrogen) atoms. The SMILES string of the molecule is C[n+]1ccc2c3c1c1ccccc1n1c4ccccc4[n+](c31)C2. The Kier molecular flexibility index (Phi) is 1.86. The summed E-state index contributed by atoms with van der Waals surface area (Å²) in [5, 5.41) is 2.71. The highest BCUT2D eigenvalue weighted by atomic mass is 15.1. The fraction of sp³-hybridized carbons (Fsp3) is 0.100. The molecule has 0 saturated heterocycles. The molecule has 3 aromatic heterocycles. The van der Waals surface area contributed by atoms with Crippen LogP contribution in [0.4, 0.5) is 0 Å². The van der Waals surface area contributed by atoms with Crippen molar-refractivity contribution in [2.75, 3.05) is 0 Å². The maximum Gasteiger partial charge on any atom is 0.302 e. The van der Waals surface area contributed by atoms with E-state index in [2.05, 4.69) is 81.4 Å². The summed E-state index contributed by atoms with van der Waals surface area (Å²) in [6.45, 7) is 0.958. The highest BCUT2D eigenvalue weighted by Crippen LogP contribution is 2.34. The van der Waals surface area contributed by atoms with Crippen LogP contribution in [0.3, 0.4) is 0 Å². The normalized spacial score (nSPS) is 13.3. The van der Waals surface area contributed by atoms with Crippen molar-refractivity contribution in [2.45, 2.75) is 6.54 Å². The van der Waals surface area contributed by atoms with Crippen molar-refractivity contribution < 1.29 is 9.13 Å². The van der Waals surface area contributed by atoms with Gasteiger partial charge in [-0.15, -0.1) is 0 Å². The van der Waals surface area contributed by atoms with E-state index in [1.54, 1.807) is 0 Å². The first-order valence-electron chi connectivity index (χ1n) is 7.99. The predicted octanol–water partition coefficient (Wildman–Crippen LogP) is 2.87. The standard InChI is InChI=1S/C20H15N3/c1-21-11-10-13-12-22-16-8-4-5-9-17(16)23-15-7-3-2-6-14(15)19(21)18(13)20(22)23/h2-11H,12H2,1H3/q+2. The minimum atomic E-state index is 0.958. The second-order valence-corrected chi connectivity index (χ2v) is 6.43. The average molecular weight is 297 g/mol. The van der Waals surface area contributed by atoms with E-state index in [9.17, 15) is 0 Å². The summed E-state index contributed by atoms with van der Waals surface area (Å²) >= 11 is 0. The van der Waals surface area contributed by atoms with Gasteiger partial charge in [0.1, 0.15) is 24.5 Å². The maximum absolute atomic E-state index is 2.46. The summed E-state index contributed by atoms with van der Waals surface area (Å²) in [5.74, 6) is 0. The van der Waals surface area contributed by atoms with Crippen LogP contribution < -0.4 is 9.13 Å². The van der Waals surface area contributed by atoms with Crippen LogP contribution >= 0.6 is 0 Å². The smallest absolute Gasteiger partial charge is 0.218 e. The van der Waals surface area contributed by atoms with Crippen LogP contribution in [0.5, 0.6) is 0 Å². The lowest BCUT2D eigenvalue weighted by molar-refractivity contribution is -0.644. The number of aromatic nitrogens is 3. The molecule has 2 aromatic carbocycles. The second-order valence-electron chi connectivity index (χ2n) is 6.43. The molecular formula is C20H15N3+2. The first-order valence-corrected chi connectivity index (χ1v) is 7.99. The van der Waals surface area contributed by atoms with Gasteiger partial charge in [0.25, 0.3) is 0 Å². The van der Waals surface area contributed by atoms with Crippen molar-refractivity contribution in [1.82, 2.24) is 4.40 Å². The fourth-order valence-electron chi connectivity index (χ4n) is 4.31. The van der Waals surface area contributed by atoms with Crippen LogP contribution in [0.2, 0.25) is 0 Å². The van der Waals surface area contributed by atoms with Gasteiger partial charge in [0, 0.05) is 11.6 Å². The third kappa shape index (κ3) is 1.20. The Morgan fingerprint density at radius 2 is 1.70 bits per heavy atom. The van der Waals surface area contributed by atoms with Crippen LogP contribution in [0.15, 0.2) is 60.8 Å². The van der Waals surface area contributed by atoms with Crippen LogP contribution in [-0.4, -0.2) is 4.40 Å². The van der Waals surface area contributed by atoms with Crippen molar-refractivity contribution >= 4 is 38.5 Å². The largest absolute Gasteiger partial charge is 0.302 e. The molecule has 0 radical (unpaired) electrons. The van der Waals surface area contributed by atoms with Gasteiger partial charge in [-0.2, -0.15) is 4.40 Å². The molecule has 0 amide bonds. The van der Waals surface area contributed by atoms with E-state index in [-0.39, 0.29) is 0 Å². The zero-order valence-electron chi connectivity index (χ0n) is 12.8. The molecule has 0 saturated carbocycles. The summed E-state index contributed by atoms with van der Waals surface area (Å²) in [4.78, 5) is 0. The van der Waals surface area contributed by atoms with Gasteiger partial charge in [0.15, 0.2) is 17.2 Å². The lowest BCUT2D eigenvalue weighted by Gasteiger charge is -2.02. The van der Waals surface area contributed by atoms with Crippen molar-refractivity contribution in [3.05, 3.63) is 66.4 Å². The van der Waals surface area contributed by atoms with E-state index in [1.165, 1.54) is 44.0 Å². The van der Waals surface area contributed by atoms with Crippen molar-refractivity contribution in [3.8, 4) is 0 Å². The minimum absolute atomic E-state index is 0.958. The number of hydrogen-bond acceptors (Lipinski definition) is 0. The first kappa shape index (κ1) is 11.6. The average Bonchev–Trinajstić information content (AvgIpc) is 3.12. The van der Waals surface area contributed by atoms with Gasteiger partial charge in [-0.1, -0.05) is 24.3 Å². The third-order valence-electron chi connectivity index (χ3n) is 5.24. The second kappa shape index (κ2) is 3.69. The van der Waals surface area contributed by atoms with Gasteiger partial charge < -0.3 is 0 Å². The molecule has 1 aliphatic rings. The molecule has 3 heteroatoms. The van der Waals surface area contributed by atoms with Crippen molar-refractivity contribution in [1.29, 1.82) is 0 Å². The van der Waals surface area contributed by atoms with Crippen molar-refractivity contribution in [2.24, 2.45) is 7.05 Å². The number of nitrogens with zero attached hydrogens (tertiary/aromatic N) is 3. The quantitative estimate of drug-likeness (QED) is 0.302. The molecule has 4 heterocycles. The Hall–Kier alpha value is -2.94. The summed E-state index contributed by atoms with van der Waals surface area (Å²) < 4.78 is 7.15. The van der Waals surface area contributed by atoms with Gasteiger partial charge in [-0.25, -0.2) is 9.13 Å².